The van der Waals surface area contributed by atoms with Gasteiger partial charge in [0.2, 0.25) is 5.60 Å². The molecule has 36 heavy (non-hydrogen) atoms. The van der Waals surface area contributed by atoms with E-state index in [4.69, 9.17) is 9.47 Å². The van der Waals surface area contributed by atoms with Crippen molar-refractivity contribution < 1.29 is 19.4 Å². The van der Waals surface area contributed by atoms with Crippen LogP contribution in [0.25, 0.3) is 11.2 Å². The van der Waals surface area contributed by atoms with Crippen molar-refractivity contribution >= 4 is 23.0 Å². The molecule has 0 radical (unpaired) electrons. The van der Waals surface area contributed by atoms with Crippen molar-refractivity contribution in [1.82, 2.24) is 14.6 Å². The number of fused-ring (bicyclic) bond motifs is 1. The summed E-state index contributed by atoms with van der Waals surface area (Å²) in [5.74, 6) is -0.104. The van der Waals surface area contributed by atoms with Crippen LogP contribution in [-0.4, -0.2) is 44.5 Å². The first-order chi connectivity index (χ1) is 17.6. The Morgan fingerprint density at radius 2 is 1.86 bits per heavy atom. The second-order valence-corrected chi connectivity index (χ2v) is 8.36. The lowest BCUT2D eigenvalue weighted by Gasteiger charge is -2.27. The minimum absolute atomic E-state index is 0.150. The van der Waals surface area contributed by atoms with E-state index in [1.165, 1.54) is 10.8 Å². The average Bonchev–Trinajstić information content (AvgIpc) is 3.52. The van der Waals surface area contributed by atoms with E-state index < -0.39 is 23.8 Å². The molecule has 4 aromatic rings. The quantitative estimate of drug-likeness (QED) is 0.385. The van der Waals surface area contributed by atoms with E-state index in [-0.39, 0.29) is 13.0 Å². The second kappa shape index (κ2) is 9.62. The Balaban J connectivity index is 1.51. The number of aliphatic hydroxyl groups is 1. The molecule has 3 atom stereocenters. The molecule has 1 aliphatic heterocycles. The number of anilines is 1. The van der Waals surface area contributed by atoms with E-state index in [0.717, 1.165) is 5.56 Å². The van der Waals surface area contributed by atoms with E-state index >= 15 is 0 Å². The highest BCUT2D eigenvalue weighted by Crippen LogP contribution is 2.42. The highest BCUT2D eigenvalue weighted by Gasteiger charge is 2.55. The predicted molar refractivity (Wildman–Crippen MR) is 132 cm³/mol. The van der Waals surface area contributed by atoms with Crippen LogP contribution in [0.1, 0.15) is 28.0 Å². The van der Waals surface area contributed by atoms with Crippen molar-refractivity contribution in [2.75, 3.05) is 11.9 Å². The number of nitriles is 1. The Hall–Kier alpha value is -4.52. The molecule has 3 heterocycles. The third kappa shape index (κ3) is 4.09. The Morgan fingerprint density at radius 1 is 1.17 bits per heavy atom. The van der Waals surface area contributed by atoms with Gasteiger partial charge in [0.05, 0.1) is 24.0 Å². The van der Waals surface area contributed by atoms with E-state index in [0.29, 0.717) is 28.3 Å². The largest absolute Gasteiger partial charge is 0.454 e. The fourth-order valence-corrected chi connectivity index (χ4v) is 4.35. The first-order valence-electron chi connectivity index (χ1n) is 11.4. The van der Waals surface area contributed by atoms with E-state index in [1.807, 2.05) is 30.3 Å². The number of nitrogens with zero attached hydrogens (tertiary/aromatic N) is 4. The monoisotopic (exact) mass is 481 g/mol. The van der Waals surface area contributed by atoms with Gasteiger partial charge in [0.1, 0.15) is 17.9 Å². The first-order valence-corrected chi connectivity index (χ1v) is 11.4. The standard InChI is InChI=1S/C27H23N5O4/c1-18(19-8-4-2-5-9-19)31-25-22-12-13-23(32(22)30-17-29-25)27(16-28)24(14-21(15-33)36-27)35-26(34)20-10-6-3-7-11-20/h2-13,17,21,24,33H,1,14-15H2,(H,29,30,31)/t21-,24?,27-/m0/s1. The van der Waals surface area contributed by atoms with Crippen LogP contribution in [0.3, 0.4) is 0 Å². The minimum atomic E-state index is -1.69. The fraction of sp³-hybridized carbons (Fsp3) is 0.185. The van der Waals surface area contributed by atoms with Gasteiger partial charge in [-0.3, -0.25) is 0 Å². The Labute approximate surface area is 207 Å². The summed E-state index contributed by atoms with van der Waals surface area (Å²) in [6.45, 7) is 3.76. The van der Waals surface area contributed by atoms with Gasteiger partial charge in [-0.25, -0.2) is 14.3 Å². The zero-order valence-corrected chi connectivity index (χ0v) is 19.2. The van der Waals surface area contributed by atoms with Crippen molar-refractivity contribution in [3.05, 3.63) is 103 Å². The highest BCUT2D eigenvalue weighted by molar-refractivity contribution is 5.89. The topological polar surface area (TPSA) is 122 Å². The number of rotatable bonds is 7. The lowest BCUT2D eigenvalue weighted by molar-refractivity contribution is -0.0695. The van der Waals surface area contributed by atoms with Gasteiger partial charge in [-0.15, -0.1) is 0 Å². The van der Waals surface area contributed by atoms with Crippen molar-refractivity contribution in [3.63, 3.8) is 0 Å². The third-order valence-electron chi connectivity index (χ3n) is 6.14. The van der Waals surface area contributed by atoms with Gasteiger partial charge < -0.3 is 19.9 Å². The van der Waals surface area contributed by atoms with E-state index in [9.17, 15) is 15.2 Å². The molecule has 2 aromatic carbocycles. The van der Waals surface area contributed by atoms with Crippen LogP contribution >= 0.6 is 0 Å². The number of hydrogen-bond donors (Lipinski definition) is 2. The van der Waals surface area contributed by atoms with Gasteiger partial charge in [0.25, 0.3) is 0 Å². The van der Waals surface area contributed by atoms with Gasteiger partial charge in [0, 0.05) is 12.1 Å². The molecule has 0 bridgehead atoms. The summed E-state index contributed by atoms with van der Waals surface area (Å²) in [4.78, 5) is 17.2. The maximum atomic E-state index is 12.8. The molecule has 9 nitrogen and oxygen atoms in total. The molecule has 0 aliphatic carbocycles. The summed E-state index contributed by atoms with van der Waals surface area (Å²) < 4.78 is 13.3. The number of carbonyl (C=O) groups is 1. The molecular weight excluding hydrogens is 458 g/mol. The van der Waals surface area contributed by atoms with Crippen molar-refractivity contribution in [1.29, 1.82) is 5.26 Å². The molecule has 1 aliphatic rings. The van der Waals surface area contributed by atoms with Crippen LogP contribution in [0, 0.1) is 11.3 Å². The summed E-state index contributed by atoms with van der Waals surface area (Å²) in [6, 6.07) is 23.7. The molecule has 5 rings (SSSR count). The lowest BCUT2D eigenvalue weighted by atomic mass is 9.94. The summed E-state index contributed by atoms with van der Waals surface area (Å²) in [5.41, 5.74) is 1.13. The van der Waals surface area contributed by atoms with Crippen molar-refractivity contribution in [3.8, 4) is 6.07 Å². The molecular formula is C27H23N5O4. The number of benzene rings is 2. The zero-order valence-electron chi connectivity index (χ0n) is 19.2. The SMILES string of the molecule is C=C(Nc1ncnn2c([C@]3(C#N)O[C@H](CO)CC3OC(=O)c3ccccc3)ccc12)c1ccccc1. The van der Waals surface area contributed by atoms with Crippen LogP contribution in [0.4, 0.5) is 5.82 Å². The summed E-state index contributed by atoms with van der Waals surface area (Å²) in [6.07, 6.45) is -0.167. The van der Waals surface area contributed by atoms with Crippen LogP contribution in [0.5, 0.6) is 0 Å². The van der Waals surface area contributed by atoms with Gasteiger partial charge >= 0.3 is 5.97 Å². The number of nitrogens with one attached hydrogen (secondary N) is 1. The lowest BCUT2D eigenvalue weighted by Crippen LogP contribution is -2.39. The first kappa shape index (κ1) is 23.2. The fourth-order valence-electron chi connectivity index (χ4n) is 4.35. The molecule has 9 heteroatoms. The molecule has 0 saturated carbocycles. The predicted octanol–water partition coefficient (Wildman–Crippen LogP) is 3.54. The number of esters is 1. The van der Waals surface area contributed by atoms with Gasteiger partial charge in [-0.2, -0.15) is 10.4 Å². The Bertz CT molecular complexity index is 1450. The molecule has 2 aromatic heterocycles. The average molecular weight is 482 g/mol. The highest BCUT2D eigenvalue weighted by atomic mass is 16.6. The smallest absolute Gasteiger partial charge is 0.338 e. The van der Waals surface area contributed by atoms with Gasteiger partial charge in [0.15, 0.2) is 11.9 Å². The maximum absolute atomic E-state index is 12.8. The zero-order chi connectivity index (χ0) is 25.1. The third-order valence-corrected chi connectivity index (χ3v) is 6.14. The molecule has 2 N–H and O–H groups in total. The number of hydrogen-bond acceptors (Lipinski definition) is 8. The van der Waals surface area contributed by atoms with E-state index in [1.54, 1.807) is 42.5 Å². The number of ether oxygens (including phenoxy) is 2. The molecule has 0 amide bonds. The molecule has 1 fully saturated rings. The summed E-state index contributed by atoms with van der Waals surface area (Å²) in [5, 5.41) is 27.7. The maximum Gasteiger partial charge on any atom is 0.338 e. The second-order valence-electron chi connectivity index (χ2n) is 8.36. The summed E-state index contributed by atoms with van der Waals surface area (Å²) in [7, 11) is 0. The van der Waals surface area contributed by atoms with Crippen LogP contribution < -0.4 is 5.32 Å². The summed E-state index contributed by atoms with van der Waals surface area (Å²) >= 11 is 0. The molecule has 1 unspecified atom stereocenters. The van der Waals surface area contributed by atoms with Crippen molar-refractivity contribution in [2.45, 2.75) is 24.2 Å². The normalized spacial score (nSPS) is 21.1. The Kier molecular flexibility index (Phi) is 6.21. The van der Waals surface area contributed by atoms with Crippen LogP contribution in [-0.2, 0) is 15.1 Å². The van der Waals surface area contributed by atoms with Gasteiger partial charge in [-0.05, 0) is 29.8 Å². The molecule has 180 valence electrons. The molecule has 0 spiro atoms. The van der Waals surface area contributed by atoms with Gasteiger partial charge in [-0.1, -0.05) is 55.1 Å². The number of carbonyl (C=O) groups excluding carboxylic acids is 1. The van der Waals surface area contributed by atoms with E-state index in [2.05, 4.69) is 28.0 Å². The minimum Gasteiger partial charge on any atom is -0.454 e. The number of aliphatic hydroxyl groups excluding tert-OH is 1. The van der Waals surface area contributed by atoms with Crippen LogP contribution in [0.15, 0.2) is 85.7 Å². The number of aromatic nitrogens is 3. The Morgan fingerprint density at radius 3 is 2.53 bits per heavy atom. The van der Waals surface area contributed by atoms with Crippen molar-refractivity contribution in [2.24, 2.45) is 0 Å². The van der Waals surface area contributed by atoms with Crippen LogP contribution in [0.2, 0.25) is 0 Å². The molecule has 1 saturated heterocycles.